The normalized spacial score (nSPS) is 20.2. The zero-order valence-electron chi connectivity index (χ0n) is 14.6. The minimum Gasteiger partial charge on any atom is -0.394 e. The molecule has 0 unspecified atom stereocenters. The monoisotopic (exact) mass is 355 g/mol. The molecule has 1 rings (SSSR count). The van der Waals surface area contributed by atoms with Crippen molar-refractivity contribution in [3.8, 4) is 0 Å². The second-order valence-electron chi connectivity index (χ2n) is 6.16. The first-order chi connectivity index (χ1) is 11.9. The average molecular weight is 355 g/mol. The molecule has 141 valence electrons. The third kappa shape index (κ3) is 6.79. The standard InChI is InChI=1S/C16H27N4O5/c1-3-10(2)14(20-15(24)12-5-4-6-17-12)16(25)18-7-13(23)19-11(8-21)9-22/h10-12,14,17,21H,3-8H2,1-2H3,(H,18,25)(H,19,23)(H,20,24)/t10-,11-,12-,14-/m0/s1. The highest BCUT2D eigenvalue weighted by Gasteiger charge is 2.30. The van der Waals surface area contributed by atoms with Crippen molar-refractivity contribution in [2.24, 2.45) is 5.92 Å². The van der Waals surface area contributed by atoms with Gasteiger partial charge in [-0.15, -0.1) is 0 Å². The lowest BCUT2D eigenvalue weighted by molar-refractivity contribution is -0.132. The van der Waals surface area contributed by atoms with Crippen molar-refractivity contribution in [2.45, 2.75) is 51.2 Å². The first-order valence-electron chi connectivity index (χ1n) is 8.52. The van der Waals surface area contributed by atoms with Crippen molar-refractivity contribution >= 4 is 24.0 Å². The molecule has 1 fully saturated rings. The molecule has 1 saturated heterocycles. The topological polar surface area (TPSA) is 137 Å². The van der Waals surface area contributed by atoms with E-state index in [4.69, 9.17) is 5.11 Å². The van der Waals surface area contributed by atoms with Crippen LogP contribution in [0.15, 0.2) is 0 Å². The van der Waals surface area contributed by atoms with Gasteiger partial charge in [-0.3, -0.25) is 19.2 Å². The molecular weight excluding hydrogens is 328 g/mol. The van der Waals surface area contributed by atoms with Gasteiger partial charge in [-0.2, -0.15) is 0 Å². The number of hydrogen-bond acceptors (Lipinski definition) is 6. The molecule has 0 aromatic rings. The molecule has 5 N–H and O–H groups in total. The summed E-state index contributed by atoms with van der Waals surface area (Å²) in [5, 5.41) is 19.3. The summed E-state index contributed by atoms with van der Waals surface area (Å²) >= 11 is 0. The van der Waals surface area contributed by atoms with Gasteiger partial charge in [0.1, 0.15) is 12.1 Å². The lowest BCUT2D eigenvalue weighted by Crippen LogP contribution is -2.55. The van der Waals surface area contributed by atoms with E-state index in [9.17, 15) is 19.2 Å². The van der Waals surface area contributed by atoms with E-state index in [2.05, 4.69) is 21.3 Å². The Morgan fingerprint density at radius 3 is 2.56 bits per heavy atom. The van der Waals surface area contributed by atoms with Crippen LogP contribution in [0.2, 0.25) is 0 Å². The predicted molar refractivity (Wildman–Crippen MR) is 90.1 cm³/mol. The van der Waals surface area contributed by atoms with Crippen molar-refractivity contribution in [3.63, 3.8) is 0 Å². The number of aliphatic hydroxyl groups is 1. The zero-order chi connectivity index (χ0) is 18.8. The second kappa shape index (κ2) is 10.8. The minimum atomic E-state index is -1.12. The second-order valence-corrected chi connectivity index (χ2v) is 6.16. The number of carbonyl (C=O) groups is 3. The minimum absolute atomic E-state index is 0.109. The molecular formula is C16H27N4O5. The quantitative estimate of drug-likeness (QED) is 0.307. The highest BCUT2D eigenvalue weighted by molar-refractivity contribution is 5.92. The summed E-state index contributed by atoms with van der Waals surface area (Å²) in [4.78, 5) is 46.7. The molecule has 1 aliphatic rings. The summed E-state index contributed by atoms with van der Waals surface area (Å²) in [7, 11) is 0. The van der Waals surface area contributed by atoms with Crippen LogP contribution in [0.3, 0.4) is 0 Å². The van der Waals surface area contributed by atoms with Crippen molar-refractivity contribution in [2.75, 3.05) is 19.7 Å². The van der Waals surface area contributed by atoms with E-state index >= 15 is 0 Å². The first-order valence-corrected chi connectivity index (χ1v) is 8.52. The number of amides is 3. The van der Waals surface area contributed by atoms with Gasteiger partial charge in [-0.25, -0.2) is 0 Å². The van der Waals surface area contributed by atoms with Gasteiger partial charge >= 0.3 is 0 Å². The van der Waals surface area contributed by atoms with Crippen LogP contribution in [0.4, 0.5) is 0 Å². The number of nitrogens with one attached hydrogen (secondary N) is 4. The Hall–Kier alpha value is -2.00. The van der Waals surface area contributed by atoms with Crippen LogP contribution in [-0.2, 0) is 19.2 Å². The predicted octanol–water partition coefficient (Wildman–Crippen LogP) is -2.03. The highest BCUT2D eigenvalue weighted by Crippen LogP contribution is 2.10. The van der Waals surface area contributed by atoms with Gasteiger partial charge in [0.2, 0.25) is 24.0 Å². The zero-order valence-corrected chi connectivity index (χ0v) is 14.6. The molecule has 9 heteroatoms. The lowest BCUT2D eigenvalue weighted by Gasteiger charge is -2.25. The summed E-state index contributed by atoms with van der Waals surface area (Å²) in [5.41, 5.74) is 0. The largest absolute Gasteiger partial charge is 0.394 e. The van der Waals surface area contributed by atoms with Crippen LogP contribution in [0.5, 0.6) is 0 Å². The van der Waals surface area contributed by atoms with Gasteiger partial charge < -0.3 is 26.4 Å². The Balaban J connectivity index is 2.56. The van der Waals surface area contributed by atoms with E-state index in [1.807, 2.05) is 13.8 Å². The number of carbonyl (C=O) groups excluding carboxylic acids is 4. The number of rotatable bonds is 10. The number of aliphatic hydroxyl groups excluding tert-OH is 1. The summed E-state index contributed by atoms with van der Waals surface area (Å²) in [6.07, 6.45) is 3.79. The fourth-order valence-electron chi connectivity index (χ4n) is 2.50. The SMILES string of the molecule is CC[C@H](C)[C@H](NC(=O)[C@@H]1CCCN1)C(=O)NCC(=O)N[C@H]([C]=O)CO. The Labute approximate surface area is 147 Å². The Bertz CT molecular complexity index is 479. The third-order valence-corrected chi connectivity index (χ3v) is 4.25. The van der Waals surface area contributed by atoms with Crippen molar-refractivity contribution in [3.05, 3.63) is 0 Å². The fourth-order valence-corrected chi connectivity index (χ4v) is 2.50. The molecule has 9 nitrogen and oxygen atoms in total. The molecule has 0 aromatic heterocycles. The van der Waals surface area contributed by atoms with Crippen LogP contribution in [0.25, 0.3) is 0 Å². The van der Waals surface area contributed by atoms with Crippen LogP contribution < -0.4 is 21.3 Å². The van der Waals surface area contributed by atoms with Crippen LogP contribution in [-0.4, -0.2) is 66.9 Å². The van der Waals surface area contributed by atoms with E-state index in [1.54, 1.807) is 0 Å². The van der Waals surface area contributed by atoms with Crippen LogP contribution in [0.1, 0.15) is 33.1 Å². The van der Waals surface area contributed by atoms with E-state index in [1.165, 1.54) is 6.29 Å². The Morgan fingerprint density at radius 1 is 1.32 bits per heavy atom. The van der Waals surface area contributed by atoms with E-state index in [0.29, 0.717) is 6.42 Å². The average Bonchev–Trinajstić information content (AvgIpc) is 3.16. The molecule has 0 aliphatic carbocycles. The van der Waals surface area contributed by atoms with Gasteiger partial charge in [-0.1, -0.05) is 20.3 Å². The summed E-state index contributed by atoms with van der Waals surface area (Å²) in [5.74, 6) is -1.42. The molecule has 0 spiro atoms. The molecule has 0 aromatic carbocycles. The summed E-state index contributed by atoms with van der Waals surface area (Å²) in [6, 6.07) is -2.17. The third-order valence-electron chi connectivity index (χ3n) is 4.25. The maximum atomic E-state index is 12.4. The lowest BCUT2D eigenvalue weighted by atomic mass is 9.97. The highest BCUT2D eigenvalue weighted by atomic mass is 16.3. The Morgan fingerprint density at radius 2 is 2.04 bits per heavy atom. The molecule has 1 heterocycles. The fraction of sp³-hybridized carbons (Fsp3) is 0.750. The van der Waals surface area contributed by atoms with E-state index < -0.39 is 30.5 Å². The van der Waals surface area contributed by atoms with E-state index in [-0.39, 0.29) is 24.4 Å². The molecule has 3 amide bonds. The van der Waals surface area contributed by atoms with Gasteiger partial charge in [-0.05, 0) is 25.3 Å². The van der Waals surface area contributed by atoms with Gasteiger partial charge in [0, 0.05) is 0 Å². The molecule has 25 heavy (non-hydrogen) atoms. The van der Waals surface area contributed by atoms with Gasteiger partial charge in [0.05, 0.1) is 19.2 Å². The van der Waals surface area contributed by atoms with Crippen molar-refractivity contribution < 1.29 is 24.3 Å². The maximum Gasteiger partial charge on any atom is 0.243 e. The molecule has 0 bridgehead atoms. The first kappa shape index (κ1) is 21.0. The molecule has 4 atom stereocenters. The maximum absolute atomic E-state index is 12.4. The summed E-state index contributed by atoms with van der Waals surface area (Å²) < 4.78 is 0. The van der Waals surface area contributed by atoms with Gasteiger partial charge in [0.15, 0.2) is 0 Å². The molecule has 1 aliphatic heterocycles. The smallest absolute Gasteiger partial charge is 0.243 e. The van der Waals surface area contributed by atoms with Crippen LogP contribution in [0, 0.1) is 5.92 Å². The van der Waals surface area contributed by atoms with E-state index in [0.717, 1.165) is 19.4 Å². The number of hydrogen-bond donors (Lipinski definition) is 5. The van der Waals surface area contributed by atoms with Gasteiger partial charge in [0.25, 0.3) is 0 Å². The van der Waals surface area contributed by atoms with Crippen molar-refractivity contribution in [1.29, 1.82) is 0 Å². The molecule has 0 saturated carbocycles. The summed E-state index contributed by atoms with van der Waals surface area (Å²) in [6.45, 7) is 3.60. The molecule has 1 radical (unpaired) electrons. The van der Waals surface area contributed by atoms with Crippen LogP contribution >= 0.6 is 0 Å². The Kier molecular flexibility index (Phi) is 9.07. The van der Waals surface area contributed by atoms with Crippen molar-refractivity contribution in [1.82, 2.24) is 21.3 Å².